The van der Waals surface area contributed by atoms with E-state index in [1.54, 1.807) is 25.3 Å². The van der Waals surface area contributed by atoms with Crippen LogP contribution in [0, 0.1) is 12.7 Å². The first-order chi connectivity index (χ1) is 9.65. The van der Waals surface area contributed by atoms with Crippen LogP contribution in [0.1, 0.15) is 15.9 Å². The van der Waals surface area contributed by atoms with Crippen molar-refractivity contribution in [3.8, 4) is 0 Å². The average Bonchev–Trinajstić information content (AvgIpc) is 2.90. The van der Waals surface area contributed by atoms with Gasteiger partial charge in [0.15, 0.2) is 0 Å². The van der Waals surface area contributed by atoms with Crippen LogP contribution >= 0.6 is 0 Å². The minimum absolute atomic E-state index is 0.215. The summed E-state index contributed by atoms with van der Waals surface area (Å²) in [6.07, 6.45) is 1.80. The fourth-order valence-electron chi connectivity index (χ4n) is 2.23. The Balaban J connectivity index is 1.95. The van der Waals surface area contributed by atoms with Crippen molar-refractivity contribution in [1.82, 2.24) is 4.98 Å². The van der Waals surface area contributed by atoms with Gasteiger partial charge in [-0.15, -0.1) is 0 Å². The molecule has 0 atom stereocenters. The molecule has 3 aromatic rings. The first-order valence-corrected chi connectivity index (χ1v) is 6.29. The van der Waals surface area contributed by atoms with Gasteiger partial charge in [-0.3, -0.25) is 4.79 Å². The zero-order valence-corrected chi connectivity index (χ0v) is 10.9. The van der Waals surface area contributed by atoms with Gasteiger partial charge in [-0.05, 0) is 42.8 Å². The zero-order valence-electron chi connectivity index (χ0n) is 10.9. The first-order valence-electron chi connectivity index (χ1n) is 6.29. The molecule has 1 aromatic heterocycles. The second kappa shape index (κ2) is 4.81. The summed E-state index contributed by atoms with van der Waals surface area (Å²) in [6, 6.07) is 11.7. The molecule has 0 aliphatic carbocycles. The van der Waals surface area contributed by atoms with E-state index in [1.165, 1.54) is 12.1 Å². The molecule has 1 heterocycles. The highest BCUT2D eigenvalue weighted by Gasteiger charge is 2.12. The maximum atomic E-state index is 13.1. The van der Waals surface area contributed by atoms with Gasteiger partial charge in [-0.1, -0.05) is 12.1 Å². The molecule has 0 radical (unpaired) electrons. The zero-order chi connectivity index (χ0) is 14.1. The molecule has 0 saturated carbocycles. The van der Waals surface area contributed by atoms with Crippen LogP contribution in [-0.4, -0.2) is 10.9 Å². The lowest BCUT2D eigenvalue weighted by atomic mass is 10.1. The van der Waals surface area contributed by atoms with E-state index in [-0.39, 0.29) is 11.7 Å². The van der Waals surface area contributed by atoms with Gasteiger partial charge in [0.25, 0.3) is 5.91 Å². The Kier molecular flexibility index (Phi) is 2.99. The van der Waals surface area contributed by atoms with Crippen LogP contribution in [0.3, 0.4) is 0 Å². The van der Waals surface area contributed by atoms with E-state index in [1.807, 2.05) is 18.2 Å². The SMILES string of the molecule is Cc1cc(F)ccc1NC(=O)c1cccc2cc[nH]c12. The number of hydrogen-bond donors (Lipinski definition) is 2. The third-order valence-electron chi connectivity index (χ3n) is 3.27. The summed E-state index contributed by atoms with van der Waals surface area (Å²) in [4.78, 5) is 15.4. The number of H-pyrrole nitrogens is 1. The lowest BCUT2D eigenvalue weighted by molar-refractivity contribution is 0.102. The number of amides is 1. The van der Waals surface area contributed by atoms with Gasteiger partial charge in [-0.2, -0.15) is 0 Å². The summed E-state index contributed by atoms with van der Waals surface area (Å²) < 4.78 is 13.1. The summed E-state index contributed by atoms with van der Waals surface area (Å²) in [6.45, 7) is 1.76. The summed E-state index contributed by atoms with van der Waals surface area (Å²) in [5, 5.41) is 3.79. The Labute approximate surface area is 115 Å². The molecule has 100 valence electrons. The van der Waals surface area contributed by atoms with Gasteiger partial charge in [-0.25, -0.2) is 4.39 Å². The molecule has 0 aliphatic heterocycles. The Bertz CT molecular complexity index is 792. The number of fused-ring (bicyclic) bond motifs is 1. The third kappa shape index (κ3) is 2.16. The second-order valence-electron chi connectivity index (χ2n) is 4.66. The van der Waals surface area contributed by atoms with Crippen molar-refractivity contribution >= 4 is 22.5 Å². The number of anilines is 1. The largest absolute Gasteiger partial charge is 0.361 e. The van der Waals surface area contributed by atoms with Crippen molar-refractivity contribution in [3.05, 3.63) is 65.6 Å². The number of carbonyl (C=O) groups is 1. The minimum Gasteiger partial charge on any atom is -0.361 e. The van der Waals surface area contributed by atoms with E-state index in [9.17, 15) is 9.18 Å². The number of nitrogens with one attached hydrogen (secondary N) is 2. The van der Waals surface area contributed by atoms with E-state index in [2.05, 4.69) is 10.3 Å². The van der Waals surface area contributed by atoms with E-state index in [4.69, 9.17) is 0 Å². The van der Waals surface area contributed by atoms with Crippen molar-refractivity contribution in [3.63, 3.8) is 0 Å². The molecule has 0 fully saturated rings. The van der Waals surface area contributed by atoms with Crippen LogP contribution in [0.15, 0.2) is 48.7 Å². The smallest absolute Gasteiger partial charge is 0.257 e. The molecular weight excluding hydrogens is 255 g/mol. The molecule has 2 aromatic carbocycles. The van der Waals surface area contributed by atoms with Crippen LogP contribution in [0.2, 0.25) is 0 Å². The molecule has 0 saturated heterocycles. The number of aryl methyl sites for hydroxylation is 1. The Hall–Kier alpha value is -2.62. The summed E-state index contributed by atoms with van der Waals surface area (Å²) in [5.41, 5.74) is 2.66. The van der Waals surface area contributed by atoms with Crippen LogP contribution in [0.4, 0.5) is 10.1 Å². The van der Waals surface area contributed by atoms with Gasteiger partial charge >= 0.3 is 0 Å². The number of rotatable bonds is 2. The summed E-state index contributed by atoms with van der Waals surface area (Å²) >= 11 is 0. The van der Waals surface area contributed by atoms with Gasteiger partial charge in [0.1, 0.15) is 5.82 Å². The lowest BCUT2D eigenvalue weighted by Gasteiger charge is -2.09. The fourth-order valence-corrected chi connectivity index (χ4v) is 2.23. The minimum atomic E-state index is -0.313. The molecule has 3 rings (SSSR count). The third-order valence-corrected chi connectivity index (χ3v) is 3.27. The van der Waals surface area contributed by atoms with Crippen molar-refractivity contribution in [2.45, 2.75) is 6.92 Å². The normalized spacial score (nSPS) is 10.7. The number of halogens is 1. The van der Waals surface area contributed by atoms with Gasteiger partial charge < -0.3 is 10.3 Å². The topological polar surface area (TPSA) is 44.9 Å². The maximum absolute atomic E-state index is 13.1. The van der Waals surface area contributed by atoms with Crippen molar-refractivity contribution in [2.24, 2.45) is 0 Å². The predicted molar refractivity (Wildman–Crippen MR) is 77.4 cm³/mol. The fraction of sp³-hybridized carbons (Fsp3) is 0.0625. The molecule has 2 N–H and O–H groups in total. The van der Waals surface area contributed by atoms with Gasteiger partial charge in [0.05, 0.1) is 11.1 Å². The van der Waals surface area contributed by atoms with E-state index >= 15 is 0 Å². The highest BCUT2D eigenvalue weighted by atomic mass is 19.1. The standard InChI is InChI=1S/C16H13FN2O/c1-10-9-12(17)5-6-14(10)19-16(20)13-4-2-3-11-7-8-18-15(11)13/h2-9,18H,1H3,(H,19,20). The summed E-state index contributed by atoms with van der Waals surface area (Å²) in [7, 11) is 0. The molecule has 0 spiro atoms. The number of carbonyl (C=O) groups excluding carboxylic acids is 1. The molecule has 3 nitrogen and oxygen atoms in total. The molecule has 1 amide bonds. The average molecular weight is 268 g/mol. The molecule has 0 unspecified atom stereocenters. The number of aromatic nitrogens is 1. The van der Waals surface area contributed by atoms with Crippen LogP contribution in [-0.2, 0) is 0 Å². The Morgan fingerprint density at radius 1 is 1.20 bits per heavy atom. The molecule has 20 heavy (non-hydrogen) atoms. The van der Waals surface area contributed by atoms with Gasteiger partial charge in [0, 0.05) is 17.3 Å². The molecule has 0 bridgehead atoms. The second-order valence-corrected chi connectivity index (χ2v) is 4.66. The van der Waals surface area contributed by atoms with E-state index in [0.717, 1.165) is 10.9 Å². The number of aromatic amines is 1. The van der Waals surface area contributed by atoms with Gasteiger partial charge in [0.2, 0.25) is 0 Å². The maximum Gasteiger partial charge on any atom is 0.257 e. The lowest BCUT2D eigenvalue weighted by Crippen LogP contribution is -2.13. The molecular formula is C16H13FN2O. The predicted octanol–water partition coefficient (Wildman–Crippen LogP) is 3.87. The first kappa shape index (κ1) is 12.4. The Morgan fingerprint density at radius 2 is 2.05 bits per heavy atom. The highest BCUT2D eigenvalue weighted by Crippen LogP contribution is 2.20. The monoisotopic (exact) mass is 268 g/mol. The number of benzene rings is 2. The Morgan fingerprint density at radius 3 is 2.85 bits per heavy atom. The van der Waals surface area contributed by atoms with Crippen molar-refractivity contribution in [1.29, 1.82) is 0 Å². The van der Waals surface area contributed by atoms with Crippen LogP contribution in [0.25, 0.3) is 10.9 Å². The van der Waals surface area contributed by atoms with E-state index < -0.39 is 0 Å². The van der Waals surface area contributed by atoms with E-state index in [0.29, 0.717) is 16.8 Å². The van der Waals surface area contributed by atoms with Crippen LogP contribution in [0.5, 0.6) is 0 Å². The number of para-hydroxylation sites is 1. The van der Waals surface area contributed by atoms with Crippen molar-refractivity contribution in [2.75, 3.05) is 5.32 Å². The highest BCUT2D eigenvalue weighted by molar-refractivity contribution is 6.12. The molecule has 0 aliphatic rings. The van der Waals surface area contributed by atoms with Crippen LogP contribution < -0.4 is 5.32 Å². The molecule has 4 heteroatoms. The summed E-state index contributed by atoms with van der Waals surface area (Å²) in [5.74, 6) is -0.528. The van der Waals surface area contributed by atoms with Crippen molar-refractivity contribution < 1.29 is 9.18 Å². The quantitative estimate of drug-likeness (QED) is 0.728. The number of hydrogen-bond acceptors (Lipinski definition) is 1.